The van der Waals surface area contributed by atoms with Crippen molar-refractivity contribution < 1.29 is 19.1 Å². The maximum Gasteiger partial charge on any atom is 0.328 e. The predicted octanol–water partition coefficient (Wildman–Crippen LogP) is 2.47. The Kier molecular flexibility index (Phi) is 8.00. The van der Waals surface area contributed by atoms with E-state index in [4.69, 9.17) is 4.74 Å². The Bertz CT molecular complexity index is 796. The van der Waals surface area contributed by atoms with Crippen molar-refractivity contribution in [1.29, 1.82) is 0 Å². The smallest absolute Gasteiger partial charge is 0.328 e. The second-order valence-electron chi connectivity index (χ2n) is 5.82. The molecule has 0 aliphatic rings. The van der Waals surface area contributed by atoms with Crippen LogP contribution in [-0.2, 0) is 20.7 Å². The van der Waals surface area contributed by atoms with Gasteiger partial charge in [-0.25, -0.2) is 4.79 Å². The number of ether oxygens (including phenoxy) is 1. The molecular formula is C20H21BrN2O4. The van der Waals surface area contributed by atoms with Crippen molar-refractivity contribution in [3.05, 3.63) is 70.2 Å². The fourth-order valence-electron chi connectivity index (χ4n) is 2.48. The summed E-state index contributed by atoms with van der Waals surface area (Å²) < 4.78 is 5.45. The second-order valence-corrected chi connectivity index (χ2v) is 6.67. The van der Waals surface area contributed by atoms with Gasteiger partial charge in [-0.3, -0.25) is 9.59 Å². The number of rotatable bonds is 8. The van der Waals surface area contributed by atoms with Crippen molar-refractivity contribution in [2.24, 2.45) is 0 Å². The summed E-state index contributed by atoms with van der Waals surface area (Å²) in [5.41, 5.74) is 1.41. The molecule has 27 heavy (non-hydrogen) atoms. The number of hydrogen-bond donors (Lipinski definition) is 2. The minimum absolute atomic E-state index is 0.0540. The molecule has 7 heteroatoms. The number of nitrogens with one attached hydrogen (secondary N) is 2. The van der Waals surface area contributed by atoms with Crippen molar-refractivity contribution >= 4 is 33.7 Å². The average Bonchev–Trinajstić information content (AvgIpc) is 2.68. The van der Waals surface area contributed by atoms with Crippen LogP contribution in [0.4, 0.5) is 0 Å². The molecule has 0 bridgehead atoms. The van der Waals surface area contributed by atoms with Crippen molar-refractivity contribution in [2.45, 2.75) is 18.9 Å². The van der Waals surface area contributed by atoms with Gasteiger partial charge in [0.05, 0.1) is 12.7 Å². The van der Waals surface area contributed by atoms with Gasteiger partial charge < -0.3 is 15.4 Å². The molecule has 0 radical (unpaired) electrons. The summed E-state index contributed by atoms with van der Waals surface area (Å²) in [6.45, 7) is 0.158. The molecule has 2 rings (SSSR count). The molecule has 1 atom stereocenters. The van der Waals surface area contributed by atoms with Gasteiger partial charge >= 0.3 is 5.97 Å². The normalized spacial score (nSPS) is 11.3. The Morgan fingerprint density at radius 2 is 1.70 bits per heavy atom. The van der Waals surface area contributed by atoms with E-state index in [2.05, 4.69) is 26.6 Å². The van der Waals surface area contributed by atoms with Crippen molar-refractivity contribution in [1.82, 2.24) is 10.6 Å². The van der Waals surface area contributed by atoms with E-state index in [1.165, 1.54) is 7.11 Å². The van der Waals surface area contributed by atoms with E-state index < -0.39 is 12.0 Å². The summed E-state index contributed by atoms with van der Waals surface area (Å²) in [7, 11) is 1.28. The average molecular weight is 433 g/mol. The molecule has 142 valence electrons. The Labute approximate surface area is 166 Å². The molecule has 0 aliphatic heterocycles. The highest BCUT2D eigenvalue weighted by molar-refractivity contribution is 9.10. The Balaban J connectivity index is 1.85. The fraction of sp³-hybridized carbons (Fsp3) is 0.250. The summed E-state index contributed by atoms with van der Waals surface area (Å²) in [4.78, 5) is 36.2. The molecule has 6 nitrogen and oxygen atoms in total. The van der Waals surface area contributed by atoms with Crippen LogP contribution in [0.3, 0.4) is 0 Å². The highest BCUT2D eigenvalue weighted by Crippen LogP contribution is 2.15. The molecule has 0 fully saturated rings. The maximum atomic E-state index is 12.2. The molecule has 2 aromatic carbocycles. The molecule has 0 spiro atoms. The Morgan fingerprint density at radius 1 is 1.04 bits per heavy atom. The summed E-state index contributed by atoms with van der Waals surface area (Å²) in [6, 6.07) is 15.6. The molecule has 0 aromatic heterocycles. The standard InChI is InChI=1S/C20H21BrN2O4/c1-27-20(26)17(13-14-7-3-2-4-8-14)23-18(24)11-12-22-19(25)15-9-5-6-10-16(15)21/h2-10,17H,11-13H2,1H3,(H,22,25)(H,23,24). The van der Waals surface area contributed by atoms with Crippen LogP contribution in [-0.4, -0.2) is 37.5 Å². The lowest BCUT2D eigenvalue weighted by Crippen LogP contribution is -2.44. The van der Waals surface area contributed by atoms with Gasteiger partial charge in [-0.2, -0.15) is 0 Å². The summed E-state index contributed by atoms with van der Waals surface area (Å²) in [5, 5.41) is 5.36. The minimum Gasteiger partial charge on any atom is -0.467 e. The van der Waals surface area contributed by atoms with E-state index in [1.54, 1.807) is 18.2 Å². The summed E-state index contributed by atoms with van der Waals surface area (Å²) in [6.07, 6.45) is 0.390. The number of benzene rings is 2. The number of hydrogen-bond acceptors (Lipinski definition) is 4. The van der Waals surface area contributed by atoms with Crippen LogP contribution in [0.2, 0.25) is 0 Å². The zero-order valence-electron chi connectivity index (χ0n) is 14.9. The molecule has 2 amide bonds. The third kappa shape index (κ3) is 6.53. The van der Waals surface area contributed by atoms with Crippen LogP contribution in [0.15, 0.2) is 59.1 Å². The second kappa shape index (κ2) is 10.5. The third-order valence-electron chi connectivity index (χ3n) is 3.86. The van der Waals surface area contributed by atoms with Gasteiger partial charge in [-0.05, 0) is 33.6 Å². The van der Waals surface area contributed by atoms with Gasteiger partial charge in [0.1, 0.15) is 6.04 Å². The van der Waals surface area contributed by atoms with E-state index in [-0.39, 0.29) is 24.8 Å². The zero-order valence-corrected chi connectivity index (χ0v) is 16.5. The molecule has 2 N–H and O–H groups in total. The molecule has 0 aliphatic carbocycles. The van der Waals surface area contributed by atoms with E-state index in [0.29, 0.717) is 16.5 Å². The number of methoxy groups -OCH3 is 1. The first kappa shape index (κ1) is 20.6. The van der Waals surface area contributed by atoms with Crippen molar-refractivity contribution in [3.8, 4) is 0 Å². The number of amides is 2. The number of carbonyl (C=O) groups excluding carboxylic acids is 3. The lowest BCUT2D eigenvalue weighted by Gasteiger charge is -2.17. The first-order chi connectivity index (χ1) is 13.0. The van der Waals surface area contributed by atoms with Crippen LogP contribution < -0.4 is 10.6 Å². The predicted molar refractivity (Wildman–Crippen MR) is 105 cm³/mol. The van der Waals surface area contributed by atoms with Crippen molar-refractivity contribution in [3.63, 3.8) is 0 Å². The highest BCUT2D eigenvalue weighted by atomic mass is 79.9. The van der Waals surface area contributed by atoms with Gasteiger partial charge in [0.15, 0.2) is 0 Å². The zero-order chi connectivity index (χ0) is 19.6. The van der Waals surface area contributed by atoms with E-state index >= 15 is 0 Å². The minimum atomic E-state index is -0.774. The van der Waals surface area contributed by atoms with E-state index in [9.17, 15) is 14.4 Å². The third-order valence-corrected chi connectivity index (χ3v) is 4.55. The number of esters is 1. The van der Waals surface area contributed by atoms with Crippen LogP contribution in [0, 0.1) is 0 Å². The topological polar surface area (TPSA) is 84.5 Å². The SMILES string of the molecule is COC(=O)C(Cc1ccccc1)NC(=O)CCNC(=O)c1ccccc1Br. The highest BCUT2D eigenvalue weighted by Gasteiger charge is 2.21. The van der Waals surface area contributed by atoms with Gasteiger partial charge in [0.2, 0.25) is 5.91 Å². The summed E-state index contributed by atoms with van der Waals surface area (Å²) in [5.74, 6) is -1.12. The molecule has 0 saturated heterocycles. The molecule has 2 aromatic rings. The number of carbonyl (C=O) groups is 3. The van der Waals surface area contributed by atoms with E-state index in [1.807, 2.05) is 36.4 Å². The van der Waals surface area contributed by atoms with Crippen LogP contribution in [0.1, 0.15) is 22.3 Å². The van der Waals surface area contributed by atoms with Crippen LogP contribution in [0.25, 0.3) is 0 Å². The summed E-state index contributed by atoms with van der Waals surface area (Å²) >= 11 is 3.31. The lowest BCUT2D eigenvalue weighted by atomic mass is 10.1. The Hall–Kier alpha value is -2.67. The van der Waals surface area contributed by atoms with Gasteiger partial charge in [0, 0.05) is 23.9 Å². The first-order valence-electron chi connectivity index (χ1n) is 8.45. The largest absolute Gasteiger partial charge is 0.467 e. The lowest BCUT2D eigenvalue weighted by molar-refractivity contribution is -0.145. The van der Waals surface area contributed by atoms with Gasteiger partial charge in [0.25, 0.3) is 5.91 Å². The van der Waals surface area contributed by atoms with E-state index in [0.717, 1.165) is 5.56 Å². The maximum absolute atomic E-state index is 12.2. The van der Waals surface area contributed by atoms with Crippen LogP contribution >= 0.6 is 15.9 Å². The molecular weight excluding hydrogens is 412 g/mol. The first-order valence-corrected chi connectivity index (χ1v) is 9.24. The molecule has 0 heterocycles. The Morgan fingerprint density at radius 3 is 2.37 bits per heavy atom. The van der Waals surface area contributed by atoms with Crippen LogP contribution in [0.5, 0.6) is 0 Å². The number of halogens is 1. The fourth-order valence-corrected chi connectivity index (χ4v) is 2.95. The van der Waals surface area contributed by atoms with Gasteiger partial charge in [-0.15, -0.1) is 0 Å². The molecule has 0 saturated carbocycles. The monoisotopic (exact) mass is 432 g/mol. The molecule has 1 unspecified atom stereocenters. The van der Waals surface area contributed by atoms with Gasteiger partial charge in [-0.1, -0.05) is 42.5 Å². The quantitative estimate of drug-likeness (QED) is 0.627. The van der Waals surface area contributed by atoms with Crippen molar-refractivity contribution in [2.75, 3.05) is 13.7 Å².